The maximum Gasteiger partial charge on any atom is 0.330 e. The summed E-state index contributed by atoms with van der Waals surface area (Å²) >= 11 is 0. The number of carbonyl (C=O) groups excluding carboxylic acids is 1. The lowest BCUT2D eigenvalue weighted by Gasteiger charge is -2.17. The third-order valence-electron chi connectivity index (χ3n) is 1.82. The van der Waals surface area contributed by atoms with E-state index in [-0.39, 0.29) is 12.3 Å². The topological polar surface area (TPSA) is 78.7 Å². The standard InChI is InChI=1S/C11H15NO5Si/c1-18(2,3)17-11(13)8-16-10-6-4-9(5-7-10)12(14)15/h4-7H,8H2,1-3H3. The van der Waals surface area contributed by atoms with Gasteiger partial charge in [-0.3, -0.25) is 10.1 Å². The highest BCUT2D eigenvalue weighted by atomic mass is 28.4. The number of non-ortho nitro benzene ring substituents is 1. The van der Waals surface area contributed by atoms with Crippen LogP contribution in [0.4, 0.5) is 5.69 Å². The van der Waals surface area contributed by atoms with Gasteiger partial charge in [0.25, 0.3) is 5.69 Å². The fourth-order valence-corrected chi connectivity index (χ4v) is 1.92. The Kier molecular flexibility index (Phi) is 4.43. The van der Waals surface area contributed by atoms with Crippen molar-refractivity contribution in [2.75, 3.05) is 6.61 Å². The van der Waals surface area contributed by atoms with E-state index in [0.717, 1.165) is 0 Å². The number of hydrogen-bond donors (Lipinski definition) is 0. The second kappa shape index (κ2) is 5.63. The molecule has 0 spiro atoms. The van der Waals surface area contributed by atoms with E-state index < -0.39 is 19.2 Å². The molecule has 0 N–H and O–H groups in total. The number of nitrogens with zero attached hydrogens (tertiary/aromatic N) is 1. The number of rotatable bonds is 5. The molecule has 0 aliphatic rings. The fraction of sp³-hybridized carbons (Fsp3) is 0.364. The van der Waals surface area contributed by atoms with Crippen molar-refractivity contribution in [1.29, 1.82) is 0 Å². The monoisotopic (exact) mass is 269 g/mol. The minimum absolute atomic E-state index is 0.0213. The van der Waals surface area contributed by atoms with Gasteiger partial charge in [-0.1, -0.05) is 0 Å². The highest BCUT2D eigenvalue weighted by Gasteiger charge is 2.20. The number of carbonyl (C=O) groups is 1. The van der Waals surface area contributed by atoms with Gasteiger partial charge in [0.15, 0.2) is 6.61 Å². The Labute approximate surface area is 106 Å². The third kappa shape index (κ3) is 4.96. The van der Waals surface area contributed by atoms with E-state index in [1.54, 1.807) is 0 Å². The molecule has 0 amide bonds. The highest BCUT2D eigenvalue weighted by molar-refractivity contribution is 6.71. The molecule has 7 heteroatoms. The Morgan fingerprint density at radius 2 is 1.83 bits per heavy atom. The minimum Gasteiger partial charge on any atom is -0.517 e. The molecular formula is C11H15NO5Si. The van der Waals surface area contributed by atoms with Gasteiger partial charge in [-0.2, -0.15) is 0 Å². The molecular weight excluding hydrogens is 254 g/mol. The summed E-state index contributed by atoms with van der Waals surface area (Å²) < 4.78 is 10.4. The van der Waals surface area contributed by atoms with Gasteiger partial charge in [0, 0.05) is 12.1 Å². The predicted octanol–water partition coefficient (Wildman–Crippen LogP) is 2.35. The summed E-state index contributed by atoms with van der Waals surface area (Å²) in [4.78, 5) is 21.3. The highest BCUT2D eigenvalue weighted by Crippen LogP contribution is 2.17. The molecule has 0 aromatic heterocycles. The first-order valence-corrected chi connectivity index (χ1v) is 8.78. The van der Waals surface area contributed by atoms with Crippen LogP contribution >= 0.6 is 0 Å². The van der Waals surface area contributed by atoms with Gasteiger partial charge in [0.2, 0.25) is 8.32 Å². The Bertz CT molecular complexity index is 438. The molecule has 6 nitrogen and oxygen atoms in total. The summed E-state index contributed by atoms with van der Waals surface area (Å²) in [5.41, 5.74) is -0.0213. The van der Waals surface area contributed by atoms with Gasteiger partial charge in [0.1, 0.15) is 5.75 Å². The number of nitro groups is 1. The second-order valence-corrected chi connectivity index (χ2v) is 9.05. The average Bonchev–Trinajstić information content (AvgIpc) is 2.24. The molecule has 0 radical (unpaired) electrons. The maximum absolute atomic E-state index is 11.4. The normalized spacial score (nSPS) is 10.8. The van der Waals surface area contributed by atoms with Crippen molar-refractivity contribution in [1.82, 2.24) is 0 Å². The molecule has 0 fully saturated rings. The molecule has 1 aromatic carbocycles. The summed E-state index contributed by atoms with van der Waals surface area (Å²) in [5.74, 6) is -0.0272. The molecule has 0 saturated heterocycles. The molecule has 1 rings (SSSR count). The number of hydrogen-bond acceptors (Lipinski definition) is 5. The van der Waals surface area contributed by atoms with Gasteiger partial charge in [0.05, 0.1) is 4.92 Å². The molecule has 18 heavy (non-hydrogen) atoms. The fourth-order valence-electron chi connectivity index (χ4n) is 1.18. The van der Waals surface area contributed by atoms with E-state index in [1.165, 1.54) is 24.3 Å². The summed E-state index contributed by atoms with van der Waals surface area (Å²) in [6.45, 7) is 5.51. The van der Waals surface area contributed by atoms with Crippen molar-refractivity contribution < 1.29 is 18.9 Å². The number of ether oxygens (including phenoxy) is 1. The molecule has 0 saturated carbocycles. The van der Waals surface area contributed by atoms with E-state index in [2.05, 4.69) is 0 Å². The van der Waals surface area contributed by atoms with Crippen molar-refractivity contribution in [2.24, 2.45) is 0 Å². The lowest BCUT2D eigenvalue weighted by molar-refractivity contribution is -0.384. The minimum atomic E-state index is -1.90. The van der Waals surface area contributed by atoms with E-state index >= 15 is 0 Å². The van der Waals surface area contributed by atoms with Gasteiger partial charge >= 0.3 is 5.97 Å². The molecule has 0 heterocycles. The van der Waals surface area contributed by atoms with E-state index in [1.807, 2.05) is 19.6 Å². The van der Waals surface area contributed by atoms with Gasteiger partial charge in [-0.05, 0) is 31.8 Å². The molecule has 0 aliphatic carbocycles. The molecule has 0 bridgehead atoms. The summed E-state index contributed by atoms with van der Waals surface area (Å²) in [6.07, 6.45) is 0. The zero-order chi connectivity index (χ0) is 13.8. The Morgan fingerprint density at radius 1 is 1.28 bits per heavy atom. The summed E-state index contributed by atoms with van der Waals surface area (Å²) in [5, 5.41) is 10.4. The maximum atomic E-state index is 11.4. The Balaban J connectivity index is 2.49. The predicted molar refractivity (Wildman–Crippen MR) is 68.0 cm³/mol. The van der Waals surface area contributed by atoms with Gasteiger partial charge in [-0.15, -0.1) is 0 Å². The van der Waals surface area contributed by atoms with Crippen LogP contribution in [0.25, 0.3) is 0 Å². The first kappa shape index (κ1) is 14.2. The SMILES string of the molecule is C[Si](C)(C)OC(=O)COc1ccc([N+](=O)[O-])cc1. The van der Waals surface area contributed by atoms with Crippen LogP contribution in [0, 0.1) is 10.1 Å². The van der Waals surface area contributed by atoms with Crippen molar-refractivity contribution in [3.05, 3.63) is 34.4 Å². The smallest absolute Gasteiger partial charge is 0.330 e. The third-order valence-corrected chi connectivity index (χ3v) is 2.66. The summed E-state index contributed by atoms with van der Waals surface area (Å²) in [6, 6.07) is 5.53. The first-order valence-electron chi connectivity index (χ1n) is 5.37. The van der Waals surface area contributed by atoms with Crippen molar-refractivity contribution in [3.63, 3.8) is 0 Å². The van der Waals surface area contributed by atoms with E-state index in [4.69, 9.17) is 9.16 Å². The van der Waals surface area contributed by atoms with Crippen LogP contribution in [0.3, 0.4) is 0 Å². The van der Waals surface area contributed by atoms with Crippen LogP contribution in [0.15, 0.2) is 24.3 Å². The molecule has 0 unspecified atom stereocenters. The second-order valence-electron chi connectivity index (χ2n) is 4.63. The molecule has 0 aliphatic heterocycles. The average molecular weight is 269 g/mol. The zero-order valence-corrected chi connectivity index (χ0v) is 11.5. The molecule has 1 aromatic rings. The van der Waals surface area contributed by atoms with E-state index in [9.17, 15) is 14.9 Å². The number of nitro benzene ring substituents is 1. The Morgan fingerprint density at radius 3 is 2.28 bits per heavy atom. The molecule has 98 valence electrons. The van der Waals surface area contributed by atoms with Gasteiger partial charge in [-0.25, -0.2) is 4.79 Å². The summed E-state index contributed by atoms with van der Waals surface area (Å²) in [7, 11) is -1.90. The van der Waals surface area contributed by atoms with Crippen LogP contribution in [0.5, 0.6) is 5.75 Å². The van der Waals surface area contributed by atoms with Crippen molar-refractivity contribution in [3.8, 4) is 5.75 Å². The molecule has 0 atom stereocenters. The zero-order valence-electron chi connectivity index (χ0n) is 10.5. The lowest BCUT2D eigenvalue weighted by Crippen LogP contribution is -2.31. The van der Waals surface area contributed by atoms with Crippen LogP contribution in [0.1, 0.15) is 0 Å². The Hall–Kier alpha value is -1.89. The van der Waals surface area contributed by atoms with Crippen LogP contribution in [-0.2, 0) is 9.22 Å². The van der Waals surface area contributed by atoms with Crippen molar-refractivity contribution >= 4 is 20.0 Å². The quantitative estimate of drug-likeness (QED) is 0.465. The van der Waals surface area contributed by atoms with Gasteiger partial charge < -0.3 is 9.16 Å². The lowest BCUT2D eigenvalue weighted by atomic mass is 10.3. The van der Waals surface area contributed by atoms with Crippen LogP contribution in [0.2, 0.25) is 19.6 Å². The largest absolute Gasteiger partial charge is 0.517 e. The van der Waals surface area contributed by atoms with Crippen LogP contribution < -0.4 is 4.74 Å². The van der Waals surface area contributed by atoms with E-state index in [0.29, 0.717) is 5.75 Å². The van der Waals surface area contributed by atoms with Crippen molar-refractivity contribution in [2.45, 2.75) is 19.6 Å². The number of benzene rings is 1. The first-order chi connectivity index (χ1) is 8.28. The van der Waals surface area contributed by atoms with Crippen LogP contribution in [-0.4, -0.2) is 25.8 Å².